The van der Waals surface area contributed by atoms with E-state index < -0.39 is 10.4 Å². The van der Waals surface area contributed by atoms with E-state index in [0.29, 0.717) is 6.54 Å². The summed E-state index contributed by atoms with van der Waals surface area (Å²) in [5.74, 6) is 0. The van der Waals surface area contributed by atoms with Crippen LogP contribution in [0.15, 0.2) is 18.2 Å². The van der Waals surface area contributed by atoms with E-state index in [2.05, 4.69) is 12.2 Å². The van der Waals surface area contributed by atoms with Crippen molar-refractivity contribution in [3.63, 3.8) is 0 Å². The maximum atomic E-state index is 8.74. The van der Waals surface area contributed by atoms with Crippen LogP contribution in [0.1, 0.15) is 12.5 Å². The highest BCUT2D eigenvalue weighted by Gasteiger charge is 1.97. The first-order valence-corrected chi connectivity index (χ1v) is 6.60. The Labute approximate surface area is 106 Å². The molecule has 0 saturated carbocycles. The lowest BCUT2D eigenvalue weighted by Gasteiger charge is -2.08. The monoisotopic (exact) mass is 278 g/mol. The second-order valence-corrected chi connectivity index (χ2v) is 4.26. The highest BCUT2D eigenvalue weighted by atomic mass is 32.3. The zero-order chi connectivity index (χ0) is 14.2. The number of hydrogen-bond donors (Lipinski definition) is 5. The summed E-state index contributed by atoms with van der Waals surface area (Å²) in [4.78, 5) is 0. The number of benzene rings is 1. The lowest BCUT2D eigenvalue weighted by atomic mass is 10.1. The summed E-state index contributed by atoms with van der Waals surface area (Å²) in [7, 11) is -4.67. The molecule has 0 saturated heterocycles. The Balaban J connectivity index is 0.000000494. The predicted molar refractivity (Wildman–Crippen MR) is 70.0 cm³/mol. The Morgan fingerprint density at radius 3 is 2.33 bits per heavy atom. The fourth-order valence-electron chi connectivity index (χ4n) is 1.22. The van der Waals surface area contributed by atoms with Crippen LogP contribution < -0.4 is 11.1 Å². The van der Waals surface area contributed by atoms with Crippen molar-refractivity contribution in [2.45, 2.75) is 13.3 Å². The van der Waals surface area contributed by atoms with Gasteiger partial charge in [-0.3, -0.25) is 9.11 Å². The maximum Gasteiger partial charge on any atom is 0.394 e. The third-order valence-corrected chi connectivity index (χ3v) is 1.96. The van der Waals surface area contributed by atoms with Crippen LogP contribution in [0.3, 0.4) is 0 Å². The van der Waals surface area contributed by atoms with E-state index in [1.54, 1.807) is 0 Å². The molecule has 7 nitrogen and oxygen atoms in total. The highest BCUT2D eigenvalue weighted by Crippen LogP contribution is 2.17. The second kappa shape index (κ2) is 7.88. The van der Waals surface area contributed by atoms with Crippen LogP contribution in [-0.2, 0) is 16.8 Å². The van der Waals surface area contributed by atoms with Crippen LogP contribution >= 0.6 is 0 Å². The van der Waals surface area contributed by atoms with E-state index >= 15 is 0 Å². The van der Waals surface area contributed by atoms with E-state index in [1.807, 2.05) is 18.2 Å². The minimum Gasteiger partial charge on any atom is -0.399 e. The third kappa shape index (κ3) is 8.76. The molecule has 8 heteroatoms. The van der Waals surface area contributed by atoms with Gasteiger partial charge in [-0.25, -0.2) is 0 Å². The minimum atomic E-state index is -4.67. The van der Waals surface area contributed by atoms with Crippen LogP contribution in [0.5, 0.6) is 0 Å². The van der Waals surface area contributed by atoms with Crippen molar-refractivity contribution in [3.05, 3.63) is 23.8 Å². The predicted octanol–water partition coefficient (Wildman–Crippen LogP) is 0.583. The largest absolute Gasteiger partial charge is 0.399 e. The summed E-state index contributed by atoms with van der Waals surface area (Å²) in [5.41, 5.74) is 8.74. The molecule has 1 rings (SSSR count). The Hall–Kier alpha value is -1.35. The standard InChI is InChI=1S/C10H16N2O.H2O4S/c1-2-8-7-9(12-5-6-13)3-4-10(8)11;1-5(2,3)4/h3-4,7,12-13H,2,5-6,11H2,1H3;(H2,1,2,3,4). The van der Waals surface area contributed by atoms with Gasteiger partial charge < -0.3 is 16.2 Å². The number of hydrogen-bond acceptors (Lipinski definition) is 5. The van der Waals surface area contributed by atoms with Gasteiger partial charge in [-0.05, 0) is 30.2 Å². The van der Waals surface area contributed by atoms with Gasteiger partial charge in [0.05, 0.1) is 6.61 Å². The number of nitrogen functional groups attached to an aromatic ring is 1. The van der Waals surface area contributed by atoms with Gasteiger partial charge in [-0.2, -0.15) is 8.42 Å². The van der Waals surface area contributed by atoms with Gasteiger partial charge in [0.15, 0.2) is 0 Å². The average molecular weight is 278 g/mol. The zero-order valence-electron chi connectivity index (χ0n) is 10.00. The third-order valence-electron chi connectivity index (χ3n) is 1.96. The SMILES string of the molecule is CCc1cc(NCCO)ccc1N.O=S(=O)(O)O. The molecule has 6 N–H and O–H groups in total. The van der Waals surface area contributed by atoms with E-state index in [-0.39, 0.29) is 6.61 Å². The quantitative estimate of drug-likeness (QED) is 0.402. The Bertz CT molecular complexity index is 453. The fourth-order valence-corrected chi connectivity index (χ4v) is 1.22. The van der Waals surface area contributed by atoms with Gasteiger partial charge in [0.2, 0.25) is 0 Å². The molecule has 0 spiro atoms. The van der Waals surface area contributed by atoms with Crippen LogP contribution in [0.4, 0.5) is 11.4 Å². The molecule has 0 aliphatic heterocycles. The molecule has 1 aromatic carbocycles. The van der Waals surface area contributed by atoms with Crippen molar-refractivity contribution in [3.8, 4) is 0 Å². The van der Waals surface area contributed by atoms with Crippen LogP contribution in [0.25, 0.3) is 0 Å². The second-order valence-electron chi connectivity index (χ2n) is 3.37. The highest BCUT2D eigenvalue weighted by molar-refractivity contribution is 7.79. The van der Waals surface area contributed by atoms with E-state index in [0.717, 1.165) is 23.4 Å². The van der Waals surface area contributed by atoms with E-state index in [9.17, 15) is 0 Å². The summed E-state index contributed by atoms with van der Waals surface area (Å²) in [5, 5.41) is 11.7. The molecule has 0 atom stereocenters. The summed E-state index contributed by atoms with van der Waals surface area (Å²) in [6.07, 6.45) is 0.931. The van der Waals surface area contributed by atoms with Crippen molar-refractivity contribution in [1.29, 1.82) is 0 Å². The van der Waals surface area contributed by atoms with E-state index in [1.165, 1.54) is 0 Å². The molecule has 104 valence electrons. The molecular formula is C10H18N2O5S. The van der Waals surface area contributed by atoms with Gasteiger partial charge in [0.25, 0.3) is 0 Å². The fraction of sp³-hybridized carbons (Fsp3) is 0.400. The lowest BCUT2D eigenvalue weighted by Crippen LogP contribution is -2.06. The Kier molecular flexibility index (Phi) is 7.29. The summed E-state index contributed by atoms with van der Waals surface area (Å²) < 4.78 is 31.6. The number of aliphatic hydroxyl groups is 1. The van der Waals surface area contributed by atoms with Gasteiger partial charge in [-0.15, -0.1) is 0 Å². The summed E-state index contributed by atoms with van der Waals surface area (Å²) in [6, 6.07) is 5.83. The Morgan fingerprint density at radius 1 is 1.33 bits per heavy atom. The Morgan fingerprint density at radius 2 is 1.89 bits per heavy atom. The molecule has 18 heavy (non-hydrogen) atoms. The number of anilines is 2. The summed E-state index contributed by atoms with van der Waals surface area (Å²) >= 11 is 0. The van der Waals surface area contributed by atoms with Crippen LogP contribution in [0.2, 0.25) is 0 Å². The molecule has 0 aliphatic carbocycles. The molecule has 0 amide bonds. The zero-order valence-corrected chi connectivity index (χ0v) is 10.8. The van der Waals surface area contributed by atoms with Gasteiger partial charge in [0.1, 0.15) is 0 Å². The average Bonchev–Trinajstić information content (AvgIpc) is 2.26. The van der Waals surface area contributed by atoms with Crippen molar-refractivity contribution < 1.29 is 22.6 Å². The van der Waals surface area contributed by atoms with Crippen molar-refractivity contribution in [1.82, 2.24) is 0 Å². The number of nitrogens with two attached hydrogens (primary N) is 1. The topological polar surface area (TPSA) is 133 Å². The first-order valence-electron chi connectivity index (χ1n) is 5.21. The van der Waals surface area contributed by atoms with Crippen LogP contribution in [0, 0.1) is 0 Å². The molecule has 0 unspecified atom stereocenters. The molecular weight excluding hydrogens is 260 g/mol. The molecule has 0 heterocycles. The lowest BCUT2D eigenvalue weighted by molar-refractivity contribution is 0.311. The maximum absolute atomic E-state index is 8.74. The van der Waals surface area contributed by atoms with Gasteiger partial charge in [0, 0.05) is 17.9 Å². The first-order chi connectivity index (χ1) is 8.27. The molecule has 0 fully saturated rings. The summed E-state index contributed by atoms with van der Waals surface area (Å²) in [6.45, 7) is 2.79. The van der Waals surface area contributed by atoms with Crippen molar-refractivity contribution in [2.75, 3.05) is 24.2 Å². The molecule has 0 bridgehead atoms. The van der Waals surface area contributed by atoms with Crippen molar-refractivity contribution in [2.24, 2.45) is 0 Å². The molecule has 1 aromatic rings. The van der Waals surface area contributed by atoms with E-state index in [4.69, 9.17) is 28.4 Å². The van der Waals surface area contributed by atoms with Gasteiger partial charge in [-0.1, -0.05) is 6.92 Å². The minimum absolute atomic E-state index is 0.145. The first kappa shape index (κ1) is 16.6. The number of aryl methyl sites for hydroxylation is 1. The molecule has 0 radical (unpaired) electrons. The van der Waals surface area contributed by atoms with Crippen LogP contribution in [-0.4, -0.2) is 35.8 Å². The number of nitrogens with one attached hydrogen (secondary N) is 1. The molecule has 0 aliphatic rings. The van der Waals surface area contributed by atoms with Gasteiger partial charge >= 0.3 is 10.4 Å². The normalized spacial score (nSPS) is 10.4. The van der Waals surface area contributed by atoms with Crippen molar-refractivity contribution >= 4 is 21.8 Å². The smallest absolute Gasteiger partial charge is 0.394 e. The molecule has 0 aromatic heterocycles. The number of rotatable bonds is 4. The number of aliphatic hydroxyl groups excluding tert-OH is 1.